The van der Waals surface area contributed by atoms with E-state index in [1.165, 1.54) is 0 Å². The summed E-state index contributed by atoms with van der Waals surface area (Å²) in [6.07, 6.45) is 0.332. The van der Waals surface area contributed by atoms with Gasteiger partial charge in [0.25, 0.3) is 0 Å². The lowest BCUT2D eigenvalue weighted by Crippen LogP contribution is -2.15. The van der Waals surface area contributed by atoms with E-state index in [1.54, 1.807) is 0 Å². The van der Waals surface area contributed by atoms with Crippen molar-refractivity contribution in [2.75, 3.05) is 11.9 Å². The van der Waals surface area contributed by atoms with E-state index in [9.17, 15) is 4.79 Å². The second kappa shape index (κ2) is 7.28. The van der Waals surface area contributed by atoms with Crippen LogP contribution >= 0.6 is 22.6 Å². The Morgan fingerprint density at radius 1 is 1.20 bits per heavy atom. The van der Waals surface area contributed by atoms with Crippen LogP contribution in [0, 0.1) is 10.5 Å². The fourth-order valence-corrected chi connectivity index (χ4v) is 2.26. The first-order valence-corrected chi connectivity index (χ1v) is 7.47. The molecule has 2 rings (SSSR count). The Kier molecular flexibility index (Phi) is 5.40. The number of amides is 1. The van der Waals surface area contributed by atoms with Crippen LogP contribution in [0.5, 0.6) is 5.75 Å². The van der Waals surface area contributed by atoms with Crippen molar-refractivity contribution in [1.29, 1.82) is 0 Å². The van der Waals surface area contributed by atoms with Gasteiger partial charge in [0.2, 0.25) is 5.91 Å². The molecule has 0 bridgehead atoms. The van der Waals surface area contributed by atoms with Crippen molar-refractivity contribution in [1.82, 2.24) is 0 Å². The van der Waals surface area contributed by atoms with Gasteiger partial charge in [-0.15, -0.1) is 0 Å². The van der Waals surface area contributed by atoms with Gasteiger partial charge in [0.05, 0.1) is 18.7 Å². The highest BCUT2D eigenvalue weighted by molar-refractivity contribution is 14.1. The van der Waals surface area contributed by atoms with Crippen LogP contribution in [0.25, 0.3) is 0 Å². The van der Waals surface area contributed by atoms with Gasteiger partial charge in [-0.1, -0.05) is 24.3 Å². The third kappa shape index (κ3) is 4.52. The van der Waals surface area contributed by atoms with Gasteiger partial charge in [-0.05, 0) is 59.3 Å². The number of nitrogens with one attached hydrogen (secondary N) is 1. The van der Waals surface area contributed by atoms with Crippen molar-refractivity contribution in [3.63, 3.8) is 0 Å². The van der Waals surface area contributed by atoms with Gasteiger partial charge in [-0.2, -0.15) is 0 Å². The molecule has 20 heavy (non-hydrogen) atoms. The lowest BCUT2D eigenvalue weighted by Gasteiger charge is -2.09. The molecule has 0 spiro atoms. The van der Waals surface area contributed by atoms with Crippen molar-refractivity contribution < 1.29 is 9.53 Å². The first-order valence-electron chi connectivity index (χ1n) is 6.39. The van der Waals surface area contributed by atoms with Crippen molar-refractivity contribution in [3.05, 3.63) is 57.7 Å². The number of para-hydroxylation sites is 1. The van der Waals surface area contributed by atoms with Crippen LogP contribution in [0.4, 0.5) is 5.69 Å². The summed E-state index contributed by atoms with van der Waals surface area (Å²) in [5, 5.41) is 2.88. The number of hydrogen-bond acceptors (Lipinski definition) is 2. The van der Waals surface area contributed by atoms with Crippen molar-refractivity contribution in [2.24, 2.45) is 0 Å². The SMILES string of the molecule is Cc1cccc(OCCC(=O)Nc2ccccc2I)c1. The standard InChI is InChI=1S/C16H16INO2/c1-12-5-4-6-13(11-12)20-10-9-16(19)18-15-8-3-2-7-14(15)17/h2-8,11H,9-10H2,1H3,(H,18,19). The summed E-state index contributed by atoms with van der Waals surface area (Å²) in [5.74, 6) is 0.758. The predicted molar refractivity (Wildman–Crippen MR) is 89.1 cm³/mol. The maximum atomic E-state index is 11.8. The van der Waals surface area contributed by atoms with Crippen LogP contribution in [0.15, 0.2) is 48.5 Å². The minimum Gasteiger partial charge on any atom is -0.493 e. The molecule has 0 aliphatic carbocycles. The first kappa shape index (κ1) is 14.8. The summed E-state index contributed by atoms with van der Waals surface area (Å²) in [5.41, 5.74) is 1.99. The van der Waals surface area contributed by atoms with Gasteiger partial charge in [0.15, 0.2) is 0 Å². The smallest absolute Gasteiger partial charge is 0.227 e. The van der Waals surface area contributed by atoms with Gasteiger partial charge in [-0.3, -0.25) is 4.79 Å². The number of ether oxygens (including phenoxy) is 1. The number of hydrogen-bond donors (Lipinski definition) is 1. The Morgan fingerprint density at radius 2 is 2.00 bits per heavy atom. The normalized spacial score (nSPS) is 10.1. The van der Waals surface area contributed by atoms with Gasteiger partial charge in [0, 0.05) is 3.57 Å². The second-order valence-corrected chi connectivity index (χ2v) is 5.61. The average Bonchev–Trinajstić information content (AvgIpc) is 2.41. The molecular weight excluding hydrogens is 365 g/mol. The van der Waals surface area contributed by atoms with Gasteiger partial charge >= 0.3 is 0 Å². The van der Waals surface area contributed by atoms with Crippen LogP contribution in [0.2, 0.25) is 0 Å². The maximum absolute atomic E-state index is 11.8. The van der Waals surface area contributed by atoms with E-state index in [1.807, 2.05) is 55.5 Å². The topological polar surface area (TPSA) is 38.3 Å². The summed E-state index contributed by atoms with van der Waals surface area (Å²) in [6, 6.07) is 15.5. The molecule has 0 fully saturated rings. The zero-order chi connectivity index (χ0) is 14.4. The molecule has 0 aliphatic rings. The van der Waals surface area contributed by atoms with Crippen LogP contribution in [-0.2, 0) is 4.79 Å². The largest absolute Gasteiger partial charge is 0.493 e. The number of rotatable bonds is 5. The molecule has 1 N–H and O–H groups in total. The molecule has 3 nitrogen and oxygen atoms in total. The van der Waals surface area contributed by atoms with Crippen LogP contribution in [0.3, 0.4) is 0 Å². The Morgan fingerprint density at radius 3 is 2.75 bits per heavy atom. The monoisotopic (exact) mass is 381 g/mol. The van der Waals surface area contributed by atoms with E-state index in [2.05, 4.69) is 27.9 Å². The van der Waals surface area contributed by atoms with E-state index in [4.69, 9.17) is 4.74 Å². The summed E-state index contributed by atoms with van der Waals surface area (Å²) in [6.45, 7) is 2.38. The van der Waals surface area contributed by atoms with Crippen molar-refractivity contribution in [3.8, 4) is 5.75 Å². The minimum atomic E-state index is -0.0400. The minimum absolute atomic E-state index is 0.0400. The fraction of sp³-hybridized carbons (Fsp3) is 0.188. The zero-order valence-corrected chi connectivity index (χ0v) is 13.4. The molecule has 0 unspecified atom stereocenters. The van der Waals surface area contributed by atoms with E-state index >= 15 is 0 Å². The number of anilines is 1. The summed E-state index contributed by atoms with van der Waals surface area (Å²) in [4.78, 5) is 11.8. The molecule has 2 aromatic rings. The maximum Gasteiger partial charge on any atom is 0.227 e. The van der Waals surface area contributed by atoms with Crippen LogP contribution in [0.1, 0.15) is 12.0 Å². The molecule has 0 aliphatic heterocycles. The zero-order valence-electron chi connectivity index (χ0n) is 11.2. The highest BCUT2D eigenvalue weighted by Gasteiger charge is 2.05. The van der Waals surface area contributed by atoms with E-state index in [-0.39, 0.29) is 5.91 Å². The molecule has 104 valence electrons. The number of halogens is 1. The molecule has 4 heteroatoms. The Hall–Kier alpha value is -1.56. The number of aryl methyl sites for hydroxylation is 1. The van der Waals surface area contributed by atoms with Crippen molar-refractivity contribution in [2.45, 2.75) is 13.3 Å². The molecule has 0 saturated heterocycles. The fourth-order valence-electron chi connectivity index (χ4n) is 1.74. The molecule has 0 saturated carbocycles. The van der Waals surface area contributed by atoms with Gasteiger partial charge in [-0.25, -0.2) is 0 Å². The summed E-state index contributed by atoms with van der Waals surface area (Å²) >= 11 is 2.20. The molecule has 2 aromatic carbocycles. The summed E-state index contributed by atoms with van der Waals surface area (Å²) < 4.78 is 6.59. The first-order chi connectivity index (χ1) is 9.65. The Bertz CT molecular complexity index is 599. The molecule has 0 heterocycles. The van der Waals surface area contributed by atoms with Crippen LogP contribution in [-0.4, -0.2) is 12.5 Å². The molecule has 0 aromatic heterocycles. The Labute approximate surface area is 132 Å². The molecule has 1 amide bonds. The third-order valence-electron chi connectivity index (χ3n) is 2.74. The van der Waals surface area contributed by atoms with E-state index in [0.29, 0.717) is 13.0 Å². The van der Waals surface area contributed by atoms with E-state index in [0.717, 1.165) is 20.6 Å². The predicted octanol–water partition coefficient (Wildman–Crippen LogP) is 4.01. The van der Waals surface area contributed by atoms with Gasteiger partial charge in [0.1, 0.15) is 5.75 Å². The third-order valence-corrected chi connectivity index (χ3v) is 3.68. The highest BCUT2D eigenvalue weighted by Crippen LogP contribution is 2.17. The second-order valence-electron chi connectivity index (χ2n) is 4.44. The molecule has 0 radical (unpaired) electrons. The number of carbonyl (C=O) groups excluding carboxylic acids is 1. The summed E-state index contributed by atoms with van der Waals surface area (Å²) in [7, 11) is 0. The van der Waals surface area contributed by atoms with Crippen molar-refractivity contribution >= 4 is 34.2 Å². The Balaban J connectivity index is 1.80. The van der Waals surface area contributed by atoms with Crippen LogP contribution < -0.4 is 10.1 Å². The average molecular weight is 381 g/mol. The van der Waals surface area contributed by atoms with E-state index < -0.39 is 0 Å². The quantitative estimate of drug-likeness (QED) is 0.795. The molecular formula is C16H16INO2. The van der Waals surface area contributed by atoms with Gasteiger partial charge < -0.3 is 10.1 Å². The number of benzene rings is 2. The molecule has 0 atom stereocenters. The lowest BCUT2D eigenvalue weighted by molar-refractivity contribution is -0.116. The number of carbonyl (C=O) groups is 1. The highest BCUT2D eigenvalue weighted by atomic mass is 127. The lowest BCUT2D eigenvalue weighted by atomic mass is 10.2.